The third-order valence-corrected chi connectivity index (χ3v) is 8.96. The van der Waals surface area contributed by atoms with Gasteiger partial charge in [-0.05, 0) is 49.2 Å². The highest BCUT2D eigenvalue weighted by Crippen LogP contribution is 2.36. The normalized spacial score (nSPS) is 11.6. The first-order valence-electron chi connectivity index (χ1n) is 8.54. The third-order valence-electron chi connectivity index (χ3n) is 4.42. The lowest BCUT2D eigenvalue weighted by Gasteiger charge is -2.36. The first-order valence-corrected chi connectivity index (χ1v) is 11.4. The zero-order valence-electron chi connectivity index (χ0n) is 16.2. The zero-order chi connectivity index (χ0) is 18.4. The molecule has 4 heteroatoms. The molecule has 132 valence electrons. The standard InChI is InChI=1S/C20H31NO2Si/c1-16-12-13-19(21-17(2)22)18(15-16)11-9-8-10-14-23-24(6,7)20(3,4)5/h12-13,15H,8,10,14H2,1-7H3,(H,21,22). The van der Waals surface area contributed by atoms with E-state index in [4.69, 9.17) is 4.43 Å². The van der Waals surface area contributed by atoms with E-state index in [0.717, 1.165) is 36.3 Å². The predicted molar refractivity (Wildman–Crippen MR) is 105 cm³/mol. The van der Waals surface area contributed by atoms with E-state index in [0.29, 0.717) is 0 Å². The Morgan fingerprint density at radius 1 is 1.29 bits per heavy atom. The molecule has 1 N–H and O–H groups in total. The summed E-state index contributed by atoms with van der Waals surface area (Å²) in [7, 11) is -1.66. The zero-order valence-corrected chi connectivity index (χ0v) is 17.2. The van der Waals surface area contributed by atoms with Crippen LogP contribution >= 0.6 is 0 Å². The minimum absolute atomic E-state index is 0.0790. The molecule has 0 heterocycles. The van der Waals surface area contributed by atoms with Gasteiger partial charge in [0.1, 0.15) is 0 Å². The van der Waals surface area contributed by atoms with Crippen molar-refractivity contribution in [2.24, 2.45) is 0 Å². The number of nitrogens with one attached hydrogen (secondary N) is 1. The van der Waals surface area contributed by atoms with Gasteiger partial charge < -0.3 is 9.74 Å². The lowest BCUT2D eigenvalue weighted by Crippen LogP contribution is -2.40. The average molecular weight is 346 g/mol. The van der Waals surface area contributed by atoms with Gasteiger partial charge in [0.2, 0.25) is 5.91 Å². The summed E-state index contributed by atoms with van der Waals surface area (Å²) in [5.41, 5.74) is 2.78. The minimum atomic E-state index is -1.66. The van der Waals surface area contributed by atoms with Crippen LogP contribution < -0.4 is 5.32 Å². The van der Waals surface area contributed by atoms with Gasteiger partial charge in [0, 0.05) is 25.5 Å². The summed E-state index contributed by atoms with van der Waals surface area (Å²) in [6, 6.07) is 5.88. The summed E-state index contributed by atoms with van der Waals surface area (Å²) in [5, 5.41) is 3.07. The van der Waals surface area contributed by atoms with Crippen molar-refractivity contribution < 1.29 is 9.22 Å². The number of carbonyl (C=O) groups is 1. The topological polar surface area (TPSA) is 38.3 Å². The Morgan fingerprint density at radius 3 is 2.54 bits per heavy atom. The van der Waals surface area contributed by atoms with Crippen molar-refractivity contribution in [3.8, 4) is 11.8 Å². The second kappa shape index (κ2) is 8.50. The maximum Gasteiger partial charge on any atom is 0.221 e. The number of amides is 1. The monoisotopic (exact) mass is 345 g/mol. The average Bonchev–Trinajstić information content (AvgIpc) is 2.43. The molecular weight excluding hydrogens is 314 g/mol. The van der Waals surface area contributed by atoms with Crippen LogP contribution in [0.4, 0.5) is 5.69 Å². The van der Waals surface area contributed by atoms with Crippen LogP contribution in [0.1, 0.15) is 51.7 Å². The summed E-state index contributed by atoms with van der Waals surface area (Å²) in [6.45, 7) is 15.6. The molecule has 0 saturated carbocycles. The van der Waals surface area contributed by atoms with E-state index in [9.17, 15) is 4.79 Å². The van der Waals surface area contributed by atoms with Crippen molar-refractivity contribution in [1.29, 1.82) is 0 Å². The largest absolute Gasteiger partial charge is 0.417 e. The fourth-order valence-corrected chi connectivity index (χ4v) is 3.01. The molecule has 0 unspecified atom stereocenters. The summed E-state index contributed by atoms with van der Waals surface area (Å²) in [4.78, 5) is 11.3. The molecule has 0 aliphatic carbocycles. The number of hydrogen-bond acceptors (Lipinski definition) is 2. The Morgan fingerprint density at radius 2 is 1.96 bits per heavy atom. The van der Waals surface area contributed by atoms with E-state index in [2.05, 4.69) is 51.0 Å². The lowest BCUT2D eigenvalue weighted by molar-refractivity contribution is -0.114. The molecule has 0 saturated heterocycles. The van der Waals surface area contributed by atoms with Crippen LogP contribution in [0.15, 0.2) is 18.2 Å². The van der Waals surface area contributed by atoms with E-state index in [-0.39, 0.29) is 10.9 Å². The predicted octanol–water partition coefficient (Wildman–Crippen LogP) is 5.11. The van der Waals surface area contributed by atoms with E-state index >= 15 is 0 Å². The van der Waals surface area contributed by atoms with Gasteiger partial charge in [-0.15, -0.1) is 0 Å². The summed E-state index contributed by atoms with van der Waals surface area (Å²) in [6.07, 6.45) is 1.73. The maximum absolute atomic E-state index is 11.3. The SMILES string of the molecule is CC(=O)Nc1ccc(C)cc1C#CCCCO[Si](C)(C)C(C)(C)C. The molecule has 1 amide bonds. The van der Waals surface area contributed by atoms with Crippen molar-refractivity contribution in [2.75, 3.05) is 11.9 Å². The van der Waals surface area contributed by atoms with Gasteiger partial charge >= 0.3 is 0 Å². The van der Waals surface area contributed by atoms with Gasteiger partial charge in [-0.25, -0.2) is 0 Å². The second-order valence-electron chi connectivity index (χ2n) is 7.74. The van der Waals surface area contributed by atoms with Crippen LogP contribution in [0.5, 0.6) is 0 Å². The highest BCUT2D eigenvalue weighted by Gasteiger charge is 2.36. The van der Waals surface area contributed by atoms with Crippen LogP contribution in [-0.2, 0) is 9.22 Å². The molecule has 0 radical (unpaired) electrons. The molecule has 0 spiro atoms. The van der Waals surface area contributed by atoms with Gasteiger partial charge in [-0.2, -0.15) is 0 Å². The van der Waals surface area contributed by atoms with E-state index in [1.54, 1.807) is 0 Å². The second-order valence-corrected chi connectivity index (χ2v) is 12.6. The van der Waals surface area contributed by atoms with Crippen molar-refractivity contribution in [3.05, 3.63) is 29.3 Å². The first-order chi connectivity index (χ1) is 11.0. The smallest absolute Gasteiger partial charge is 0.221 e. The third kappa shape index (κ3) is 6.50. The van der Waals surface area contributed by atoms with Crippen molar-refractivity contribution in [2.45, 2.75) is 65.6 Å². The van der Waals surface area contributed by atoms with Crippen molar-refractivity contribution in [1.82, 2.24) is 0 Å². The number of rotatable bonds is 5. The first kappa shape index (κ1) is 20.5. The number of hydrogen-bond donors (Lipinski definition) is 1. The van der Waals surface area contributed by atoms with Gasteiger partial charge in [0.25, 0.3) is 0 Å². The molecule has 0 aromatic heterocycles. The summed E-state index contributed by atoms with van der Waals surface area (Å²) >= 11 is 0. The Labute approximate surface area is 148 Å². The molecule has 24 heavy (non-hydrogen) atoms. The molecule has 0 bridgehead atoms. The highest BCUT2D eigenvalue weighted by molar-refractivity contribution is 6.74. The fourth-order valence-electron chi connectivity index (χ4n) is 1.92. The maximum atomic E-state index is 11.3. The molecule has 0 fully saturated rings. The van der Waals surface area contributed by atoms with Crippen molar-refractivity contribution in [3.63, 3.8) is 0 Å². The molecule has 0 aliphatic heterocycles. The minimum Gasteiger partial charge on any atom is -0.417 e. The van der Waals surface area contributed by atoms with Crippen LogP contribution in [0.25, 0.3) is 0 Å². The molecule has 0 aliphatic rings. The fraction of sp³-hybridized carbons (Fsp3) is 0.550. The highest BCUT2D eigenvalue weighted by atomic mass is 28.4. The van der Waals surface area contributed by atoms with Crippen LogP contribution in [-0.4, -0.2) is 20.8 Å². The molecule has 1 rings (SSSR count). The van der Waals surface area contributed by atoms with Gasteiger partial charge in [-0.1, -0.05) is 38.7 Å². The van der Waals surface area contributed by atoms with Crippen LogP contribution in [0.3, 0.4) is 0 Å². The molecule has 0 atom stereocenters. The molecule has 3 nitrogen and oxygen atoms in total. The van der Waals surface area contributed by atoms with Crippen LogP contribution in [0.2, 0.25) is 18.1 Å². The van der Waals surface area contributed by atoms with E-state index in [1.807, 2.05) is 25.1 Å². The molecular formula is C20H31NO2Si. The van der Waals surface area contributed by atoms with Gasteiger partial charge in [0.05, 0.1) is 5.69 Å². The lowest BCUT2D eigenvalue weighted by atomic mass is 10.1. The Hall–Kier alpha value is -1.57. The summed E-state index contributed by atoms with van der Waals surface area (Å²) in [5.74, 6) is 6.30. The van der Waals surface area contributed by atoms with Gasteiger partial charge in [-0.3, -0.25) is 4.79 Å². The number of anilines is 1. The Bertz CT molecular complexity index is 633. The Kier molecular flexibility index (Phi) is 7.25. The van der Waals surface area contributed by atoms with E-state index < -0.39 is 8.32 Å². The molecule has 1 aromatic rings. The Balaban J connectivity index is 2.58. The van der Waals surface area contributed by atoms with Gasteiger partial charge in [0.15, 0.2) is 8.32 Å². The number of carbonyl (C=O) groups excluding carboxylic acids is 1. The van der Waals surface area contributed by atoms with Crippen molar-refractivity contribution >= 4 is 19.9 Å². The quantitative estimate of drug-likeness (QED) is 0.458. The number of benzene rings is 1. The summed E-state index contributed by atoms with van der Waals surface area (Å²) < 4.78 is 6.16. The molecule has 1 aromatic carbocycles. The van der Waals surface area contributed by atoms with E-state index in [1.165, 1.54) is 6.92 Å². The number of unbranched alkanes of at least 4 members (excludes halogenated alkanes) is 1. The van der Waals surface area contributed by atoms with Crippen LogP contribution in [0, 0.1) is 18.8 Å². The number of aryl methyl sites for hydroxylation is 1.